The lowest BCUT2D eigenvalue weighted by molar-refractivity contribution is -0.128. The predicted molar refractivity (Wildman–Crippen MR) is 98.5 cm³/mol. The standard InChI is InChI=1S/C19H18ClFN4O2/c1-12-13(4-2-6-16(12)21)7-8-17-14(10-18(26)24-27)11-25(23-17)19-15(20)5-3-9-22-19/h2-6,9,11,27H,7-8,10H2,1H3,(H,24,26). The molecule has 2 heterocycles. The molecule has 2 N–H and O–H groups in total. The molecule has 0 unspecified atom stereocenters. The lowest BCUT2D eigenvalue weighted by Gasteiger charge is -2.06. The number of nitrogens with zero attached hydrogens (tertiary/aromatic N) is 3. The van der Waals surface area contributed by atoms with Crippen LogP contribution in [0, 0.1) is 12.7 Å². The average Bonchev–Trinajstić information content (AvgIpc) is 3.05. The summed E-state index contributed by atoms with van der Waals surface area (Å²) >= 11 is 6.18. The summed E-state index contributed by atoms with van der Waals surface area (Å²) < 4.78 is 15.3. The molecule has 140 valence electrons. The van der Waals surface area contributed by atoms with E-state index in [1.165, 1.54) is 10.7 Å². The molecule has 0 aliphatic heterocycles. The van der Waals surface area contributed by atoms with Gasteiger partial charge in [-0.05, 0) is 49.1 Å². The molecule has 0 saturated carbocycles. The fourth-order valence-electron chi connectivity index (χ4n) is 2.85. The maximum atomic E-state index is 13.7. The smallest absolute Gasteiger partial charge is 0.247 e. The number of nitrogens with one attached hydrogen (secondary N) is 1. The van der Waals surface area contributed by atoms with E-state index < -0.39 is 5.91 Å². The van der Waals surface area contributed by atoms with Crippen molar-refractivity contribution >= 4 is 17.5 Å². The number of carbonyl (C=O) groups is 1. The third-order valence-corrected chi connectivity index (χ3v) is 4.62. The van der Waals surface area contributed by atoms with E-state index in [4.69, 9.17) is 16.8 Å². The number of pyridine rings is 1. The second-order valence-corrected chi connectivity index (χ2v) is 6.50. The third kappa shape index (κ3) is 4.32. The van der Waals surface area contributed by atoms with Gasteiger partial charge in [0.1, 0.15) is 5.82 Å². The topological polar surface area (TPSA) is 80.0 Å². The highest BCUT2D eigenvalue weighted by Gasteiger charge is 2.16. The van der Waals surface area contributed by atoms with Gasteiger partial charge in [0.25, 0.3) is 0 Å². The van der Waals surface area contributed by atoms with E-state index >= 15 is 0 Å². The molecule has 8 heteroatoms. The van der Waals surface area contributed by atoms with Gasteiger partial charge in [0.2, 0.25) is 5.91 Å². The molecule has 0 saturated heterocycles. The van der Waals surface area contributed by atoms with E-state index in [9.17, 15) is 9.18 Å². The van der Waals surface area contributed by atoms with E-state index in [0.29, 0.717) is 40.5 Å². The summed E-state index contributed by atoms with van der Waals surface area (Å²) in [5.41, 5.74) is 4.39. The normalized spacial score (nSPS) is 10.8. The van der Waals surface area contributed by atoms with Crippen LogP contribution < -0.4 is 5.48 Å². The number of aryl methyl sites for hydroxylation is 2. The van der Waals surface area contributed by atoms with Crippen molar-refractivity contribution < 1.29 is 14.4 Å². The second-order valence-electron chi connectivity index (χ2n) is 6.09. The van der Waals surface area contributed by atoms with E-state index in [0.717, 1.165) is 5.56 Å². The first kappa shape index (κ1) is 19.0. The zero-order valence-electron chi connectivity index (χ0n) is 14.6. The Morgan fingerprint density at radius 1 is 1.26 bits per heavy atom. The Bertz CT molecular complexity index is 974. The molecule has 0 atom stereocenters. The van der Waals surface area contributed by atoms with Crippen molar-refractivity contribution in [1.82, 2.24) is 20.2 Å². The van der Waals surface area contributed by atoms with Crippen LogP contribution in [0.15, 0.2) is 42.7 Å². The quantitative estimate of drug-likeness (QED) is 0.502. The van der Waals surface area contributed by atoms with Crippen LogP contribution in [0.5, 0.6) is 0 Å². The number of benzene rings is 1. The summed E-state index contributed by atoms with van der Waals surface area (Å²) in [7, 11) is 0. The van der Waals surface area contributed by atoms with Crippen LogP contribution in [0.2, 0.25) is 5.02 Å². The Morgan fingerprint density at radius 3 is 2.81 bits per heavy atom. The Hall–Kier alpha value is -2.77. The van der Waals surface area contributed by atoms with Gasteiger partial charge in [0.05, 0.1) is 17.1 Å². The number of halogens is 2. The van der Waals surface area contributed by atoms with Crippen LogP contribution in [0.1, 0.15) is 22.4 Å². The second kappa shape index (κ2) is 8.28. The summed E-state index contributed by atoms with van der Waals surface area (Å²) in [6, 6.07) is 8.37. The van der Waals surface area contributed by atoms with Crippen LogP contribution in [0.25, 0.3) is 5.82 Å². The van der Waals surface area contributed by atoms with Gasteiger partial charge in [-0.2, -0.15) is 5.10 Å². The van der Waals surface area contributed by atoms with Gasteiger partial charge in [0.15, 0.2) is 5.82 Å². The van der Waals surface area contributed by atoms with E-state index in [2.05, 4.69) is 10.1 Å². The minimum absolute atomic E-state index is 0.0432. The van der Waals surface area contributed by atoms with Crippen molar-refractivity contribution in [2.24, 2.45) is 0 Å². The highest BCUT2D eigenvalue weighted by molar-refractivity contribution is 6.32. The van der Waals surface area contributed by atoms with Crippen molar-refractivity contribution in [3.05, 3.63) is 75.9 Å². The van der Waals surface area contributed by atoms with Crippen LogP contribution in [0.4, 0.5) is 4.39 Å². The molecule has 6 nitrogen and oxygen atoms in total. The van der Waals surface area contributed by atoms with Crippen LogP contribution in [-0.2, 0) is 24.1 Å². The van der Waals surface area contributed by atoms with E-state index in [1.54, 1.807) is 43.0 Å². The fraction of sp³-hybridized carbons (Fsp3) is 0.211. The minimum Gasteiger partial charge on any atom is -0.289 e. The van der Waals surface area contributed by atoms with Crippen LogP contribution >= 0.6 is 11.6 Å². The largest absolute Gasteiger partial charge is 0.289 e. The molecule has 0 fully saturated rings. The van der Waals surface area contributed by atoms with E-state index in [1.807, 2.05) is 6.07 Å². The Balaban J connectivity index is 1.91. The highest BCUT2D eigenvalue weighted by Crippen LogP contribution is 2.21. The van der Waals surface area contributed by atoms with Gasteiger partial charge >= 0.3 is 0 Å². The molecule has 3 aromatic rings. The number of hydrogen-bond acceptors (Lipinski definition) is 4. The van der Waals surface area contributed by atoms with Gasteiger partial charge in [-0.15, -0.1) is 0 Å². The van der Waals surface area contributed by atoms with Crippen LogP contribution in [0.3, 0.4) is 0 Å². The number of amides is 1. The van der Waals surface area contributed by atoms with Gasteiger partial charge in [-0.1, -0.05) is 23.7 Å². The summed E-state index contributed by atoms with van der Waals surface area (Å²) in [4.78, 5) is 15.8. The van der Waals surface area contributed by atoms with E-state index in [-0.39, 0.29) is 12.2 Å². The Labute approximate surface area is 160 Å². The molecule has 0 aliphatic carbocycles. The average molecular weight is 389 g/mol. The maximum Gasteiger partial charge on any atom is 0.247 e. The van der Waals surface area contributed by atoms with Crippen molar-refractivity contribution in [1.29, 1.82) is 0 Å². The molecular formula is C19H18ClFN4O2. The summed E-state index contributed by atoms with van der Waals surface area (Å²) in [5.74, 6) is -0.360. The zero-order valence-corrected chi connectivity index (χ0v) is 15.4. The first-order valence-electron chi connectivity index (χ1n) is 8.35. The SMILES string of the molecule is Cc1c(F)cccc1CCc1nn(-c2ncccc2Cl)cc1CC(=O)NO. The van der Waals surface area contributed by atoms with Gasteiger partial charge in [0, 0.05) is 18.0 Å². The molecule has 0 aliphatic rings. The Morgan fingerprint density at radius 2 is 2.07 bits per heavy atom. The van der Waals surface area contributed by atoms with Gasteiger partial charge < -0.3 is 0 Å². The number of rotatable bonds is 6. The summed E-state index contributed by atoms with van der Waals surface area (Å²) in [6.07, 6.45) is 4.27. The Kier molecular flexibility index (Phi) is 5.83. The molecule has 0 spiro atoms. The van der Waals surface area contributed by atoms with Crippen molar-refractivity contribution in [3.8, 4) is 5.82 Å². The van der Waals surface area contributed by atoms with Crippen molar-refractivity contribution in [3.63, 3.8) is 0 Å². The molecular weight excluding hydrogens is 371 g/mol. The zero-order chi connectivity index (χ0) is 19.4. The number of hydrogen-bond donors (Lipinski definition) is 2. The first-order chi connectivity index (χ1) is 13.0. The fourth-order valence-corrected chi connectivity index (χ4v) is 3.05. The molecule has 0 radical (unpaired) electrons. The highest BCUT2D eigenvalue weighted by atomic mass is 35.5. The summed E-state index contributed by atoms with van der Waals surface area (Å²) in [6.45, 7) is 1.73. The molecule has 3 rings (SSSR count). The molecule has 1 aromatic carbocycles. The lowest BCUT2D eigenvalue weighted by Crippen LogP contribution is -2.21. The summed E-state index contributed by atoms with van der Waals surface area (Å²) in [5, 5.41) is 13.8. The molecule has 27 heavy (non-hydrogen) atoms. The monoisotopic (exact) mass is 388 g/mol. The lowest BCUT2D eigenvalue weighted by atomic mass is 10.0. The van der Waals surface area contributed by atoms with Crippen molar-refractivity contribution in [2.75, 3.05) is 0 Å². The molecule has 1 amide bonds. The first-order valence-corrected chi connectivity index (χ1v) is 8.72. The minimum atomic E-state index is -0.551. The van der Waals surface area contributed by atoms with Crippen LogP contribution in [-0.4, -0.2) is 25.9 Å². The van der Waals surface area contributed by atoms with Gasteiger partial charge in [-0.25, -0.2) is 19.5 Å². The van der Waals surface area contributed by atoms with Crippen molar-refractivity contribution in [2.45, 2.75) is 26.2 Å². The maximum absolute atomic E-state index is 13.7. The van der Waals surface area contributed by atoms with Gasteiger partial charge in [-0.3, -0.25) is 10.0 Å². The third-order valence-electron chi connectivity index (χ3n) is 4.32. The molecule has 2 aromatic heterocycles. The predicted octanol–water partition coefficient (Wildman–Crippen LogP) is 3.20. The molecule has 0 bridgehead atoms. The number of carbonyl (C=O) groups excluding carboxylic acids is 1. The number of aromatic nitrogens is 3. The number of hydroxylamine groups is 1.